The van der Waals surface area contributed by atoms with Crippen LogP contribution < -0.4 is 5.32 Å². The van der Waals surface area contributed by atoms with Crippen LogP contribution in [0.5, 0.6) is 0 Å². The second-order valence-corrected chi connectivity index (χ2v) is 4.83. The first-order valence-corrected chi connectivity index (χ1v) is 6.51. The molecular weight excluding hydrogens is 321 g/mol. The summed E-state index contributed by atoms with van der Waals surface area (Å²) >= 11 is 9.14. The minimum atomic E-state index is -0.282. The Morgan fingerprint density at radius 1 is 1.44 bits per heavy atom. The van der Waals surface area contributed by atoms with Crippen molar-refractivity contribution in [2.45, 2.75) is 12.8 Å². The number of carbonyl (C=O) groups excluding carboxylic acids is 2. The van der Waals surface area contributed by atoms with E-state index >= 15 is 0 Å². The number of ether oxygens (including phenoxy) is 1. The molecule has 1 amide bonds. The summed E-state index contributed by atoms with van der Waals surface area (Å²) in [7, 11) is 1.34. The zero-order chi connectivity index (χ0) is 13.5. The highest BCUT2D eigenvalue weighted by molar-refractivity contribution is 9.10. The van der Waals surface area contributed by atoms with E-state index in [2.05, 4.69) is 26.0 Å². The molecule has 6 heteroatoms. The standard InChI is InChI=1S/C12H13BrClNO3/c1-18-11(16)3-2-6-15-12(17)8-4-5-9(13)10(14)7-8/h4-5,7H,2-3,6H2,1H3,(H,15,17). The van der Waals surface area contributed by atoms with Gasteiger partial charge in [-0.1, -0.05) is 11.6 Å². The van der Waals surface area contributed by atoms with Gasteiger partial charge in [0.25, 0.3) is 5.91 Å². The Labute approximate surface area is 119 Å². The van der Waals surface area contributed by atoms with E-state index in [-0.39, 0.29) is 18.3 Å². The molecule has 0 aliphatic carbocycles. The molecule has 0 aliphatic heterocycles. The zero-order valence-electron chi connectivity index (χ0n) is 9.83. The number of hydrogen-bond acceptors (Lipinski definition) is 3. The summed E-state index contributed by atoms with van der Waals surface area (Å²) in [6, 6.07) is 4.97. The maximum atomic E-state index is 11.7. The molecule has 0 heterocycles. The monoisotopic (exact) mass is 333 g/mol. The minimum Gasteiger partial charge on any atom is -0.469 e. The van der Waals surface area contributed by atoms with Gasteiger partial charge >= 0.3 is 5.97 Å². The highest BCUT2D eigenvalue weighted by atomic mass is 79.9. The third kappa shape index (κ3) is 4.66. The molecule has 1 rings (SSSR count). The lowest BCUT2D eigenvalue weighted by Crippen LogP contribution is -2.24. The second kappa shape index (κ2) is 7.38. The normalized spacial score (nSPS) is 9.94. The van der Waals surface area contributed by atoms with Crippen LogP contribution in [0.1, 0.15) is 23.2 Å². The molecule has 1 aromatic rings. The predicted molar refractivity (Wildman–Crippen MR) is 72.7 cm³/mol. The molecule has 4 nitrogen and oxygen atoms in total. The molecular formula is C12H13BrClNO3. The van der Waals surface area contributed by atoms with Crippen molar-refractivity contribution in [3.05, 3.63) is 33.3 Å². The largest absolute Gasteiger partial charge is 0.469 e. The van der Waals surface area contributed by atoms with E-state index < -0.39 is 0 Å². The summed E-state index contributed by atoms with van der Waals surface area (Å²) in [6.07, 6.45) is 0.834. The van der Waals surface area contributed by atoms with Gasteiger partial charge < -0.3 is 10.1 Å². The quantitative estimate of drug-likeness (QED) is 0.665. The molecule has 0 fully saturated rings. The Balaban J connectivity index is 2.41. The summed E-state index contributed by atoms with van der Waals surface area (Å²) in [5, 5.41) is 3.19. The first-order valence-electron chi connectivity index (χ1n) is 5.34. The molecule has 0 spiro atoms. The number of halogens is 2. The van der Waals surface area contributed by atoms with Gasteiger partial charge in [-0.15, -0.1) is 0 Å². The number of nitrogens with one attached hydrogen (secondary N) is 1. The van der Waals surface area contributed by atoms with Crippen molar-refractivity contribution in [1.82, 2.24) is 5.32 Å². The van der Waals surface area contributed by atoms with Crippen molar-refractivity contribution in [2.24, 2.45) is 0 Å². The van der Waals surface area contributed by atoms with Gasteiger partial charge in [-0.2, -0.15) is 0 Å². The fourth-order valence-electron chi connectivity index (χ4n) is 1.28. The molecule has 0 atom stereocenters. The van der Waals surface area contributed by atoms with E-state index in [4.69, 9.17) is 11.6 Å². The van der Waals surface area contributed by atoms with Crippen LogP contribution in [0.3, 0.4) is 0 Å². The van der Waals surface area contributed by atoms with Crippen LogP contribution in [0, 0.1) is 0 Å². The molecule has 0 aromatic heterocycles. The Morgan fingerprint density at radius 3 is 2.78 bits per heavy atom. The van der Waals surface area contributed by atoms with Gasteiger partial charge in [-0.25, -0.2) is 0 Å². The van der Waals surface area contributed by atoms with Gasteiger partial charge in [0, 0.05) is 23.0 Å². The topological polar surface area (TPSA) is 55.4 Å². The molecule has 98 valence electrons. The fraction of sp³-hybridized carbons (Fsp3) is 0.333. The zero-order valence-corrected chi connectivity index (χ0v) is 12.2. The van der Waals surface area contributed by atoms with Crippen LogP contribution in [0.15, 0.2) is 22.7 Å². The van der Waals surface area contributed by atoms with Gasteiger partial charge in [0.1, 0.15) is 0 Å². The van der Waals surface area contributed by atoms with Crippen molar-refractivity contribution >= 4 is 39.4 Å². The molecule has 0 bridgehead atoms. The summed E-state index contributed by atoms with van der Waals surface area (Å²) in [5.74, 6) is -0.495. The Morgan fingerprint density at radius 2 is 2.17 bits per heavy atom. The summed E-state index contributed by atoms with van der Waals surface area (Å²) < 4.78 is 5.24. The van der Waals surface area contributed by atoms with Crippen molar-refractivity contribution in [2.75, 3.05) is 13.7 Å². The highest BCUT2D eigenvalue weighted by Crippen LogP contribution is 2.23. The first kappa shape index (κ1) is 15.0. The van der Waals surface area contributed by atoms with E-state index in [0.29, 0.717) is 23.6 Å². The van der Waals surface area contributed by atoms with Crippen LogP contribution in [0.4, 0.5) is 0 Å². The summed E-state index contributed by atoms with van der Waals surface area (Å²) in [4.78, 5) is 22.6. The molecule has 18 heavy (non-hydrogen) atoms. The number of esters is 1. The third-order valence-electron chi connectivity index (χ3n) is 2.25. The van der Waals surface area contributed by atoms with E-state index in [9.17, 15) is 9.59 Å². The Hall–Kier alpha value is -1.07. The lowest BCUT2D eigenvalue weighted by molar-refractivity contribution is -0.140. The van der Waals surface area contributed by atoms with E-state index in [1.54, 1.807) is 18.2 Å². The molecule has 0 unspecified atom stereocenters. The van der Waals surface area contributed by atoms with Crippen LogP contribution in [0.25, 0.3) is 0 Å². The highest BCUT2D eigenvalue weighted by Gasteiger charge is 2.07. The molecule has 0 saturated heterocycles. The molecule has 0 saturated carbocycles. The van der Waals surface area contributed by atoms with Crippen LogP contribution >= 0.6 is 27.5 Å². The molecule has 1 aromatic carbocycles. The number of amides is 1. The Kier molecular flexibility index (Phi) is 6.15. The Bertz CT molecular complexity index is 451. The average Bonchev–Trinajstić information content (AvgIpc) is 2.37. The minimum absolute atomic E-state index is 0.214. The van der Waals surface area contributed by atoms with Gasteiger partial charge in [0.05, 0.1) is 12.1 Å². The van der Waals surface area contributed by atoms with Gasteiger partial charge in [0.2, 0.25) is 0 Å². The first-order chi connectivity index (χ1) is 8.54. The number of methoxy groups -OCH3 is 1. The van der Waals surface area contributed by atoms with Crippen molar-refractivity contribution in [3.8, 4) is 0 Å². The van der Waals surface area contributed by atoms with Crippen molar-refractivity contribution in [1.29, 1.82) is 0 Å². The van der Waals surface area contributed by atoms with Crippen LogP contribution in [-0.2, 0) is 9.53 Å². The SMILES string of the molecule is COC(=O)CCCNC(=O)c1ccc(Br)c(Cl)c1. The smallest absolute Gasteiger partial charge is 0.305 e. The van der Waals surface area contributed by atoms with E-state index in [0.717, 1.165) is 4.47 Å². The third-order valence-corrected chi connectivity index (χ3v) is 3.49. The number of carbonyl (C=O) groups is 2. The van der Waals surface area contributed by atoms with Crippen molar-refractivity contribution in [3.63, 3.8) is 0 Å². The van der Waals surface area contributed by atoms with Gasteiger partial charge in [-0.05, 0) is 40.5 Å². The average molecular weight is 335 g/mol. The predicted octanol–water partition coefficient (Wildman–Crippen LogP) is 2.79. The maximum Gasteiger partial charge on any atom is 0.305 e. The molecule has 1 N–H and O–H groups in total. The van der Waals surface area contributed by atoms with Crippen LogP contribution in [0.2, 0.25) is 5.02 Å². The van der Waals surface area contributed by atoms with Crippen LogP contribution in [-0.4, -0.2) is 25.5 Å². The number of benzene rings is 1. The lowest BCUT2D eigenvalue weighted by Gasteiger charge is -2.05. The number of rotatable bonds is 5. The summed E-state index contributed by atoms with van der Waals surface area (Å²) in [5.41, 5.74) is 0.487. The second-order valence-electron chi connectivity index (χ2n) is 3.56. The van der Waals surface area contributed by atoms with Crippen molar-refractivity contribution < 1.29 is 14.3 Å². The molecule has 0 aliphatic rings. The van der Waals surface area contributed by atoms with E-state index in [1.807, 2.05) is 0 Å². The summed E-state index contributed by atoms with van der Waals surface area (Å²) in [6.45, 7) is 0.418. The number of hydrogen-bond donors (Lipinski definition) is 1. The van der Waals surface area contributed by atoms with Gasteiger partial charge in [-0.3, -0.25) is 9.59 Å². The maximum absolute atomic E-state index is 11.7. The lowest BCUT2D eigenvalue weighted by atomic mass is 10.2. The fourth-order valence-corrected chi connectivity index (χ4v) is 1.70. The molecule has 0 radical (unpaired) electrons. The van der Waals surface area contributed by atoms with E-state index in [1.165, 1.54) is 7.11 Å². The van der Waals surface area contributed by atoms with Gasteiger partial charge in [0.15, 0.2) is 0 Å².